The van der Waals surface area contributed by atoms with Crippen molar-refractivity contribution in [2.45, 2.75) is 59.1 Å². The van der Waals surface area contributed by atoms with Gasteiger partial charge in [-0.3, -0.25) is 0 Å². The number of nitrogens with one attached hydrogen (secondary N) is 1. The lowest BCUT2D eigenvalue weighted by Gasteiger charge is -2.25. The molecular formula is C16H27NO. The van der Waals surface area contributed by atoms with Gasteiger partial charge < -0.3 is 10.1 Å². The highest BCUT2D eigenvalue weighted by Crippen LogP contribution is 2.23. The summed E-state index contributed by atoms with van der Waals surface area (Å²) in [6, 6.07) is 8.83. The smallest absolute Gasteiger partial charge is 0.120 e. The van der Waals surface area contributed by atoms with E-state index in [0.29, 0.717) is 6.04 Å². The van der Waals surface area contributed by atoms with E-state index < -0.39 is 0 Å². The van der Waals surface area contributed by atoms with Crippen molar-refractivity contribution in [3.05, 3.63) is 29.8 Å². The lowest BCUT2D eigenvalue weighted by Crippen LogP contribution is -2.26. The third kappa shape index (κ3) is 4.69. The first-order valence-corrected chi connectivity index (χ1v) is 7.01. The topological polar surface area (TPSA) is 21.3 Å². The number of hydrogen-bond acceptors (Lipinski definition) is 2. The molecule has 2 heteroatoms. The molecule has 0 spiro atoms. The molecule has 1 atom stereocenters. The average molecular weight is 249 g/mol. The Morgan fingerprint density at radius 3 is 2.28 bits per heavy atom. The van der Waals surface area contributed by atoms with Gasteiger partial charge in [-0.1, -0.05) is 26.0 Å². The van der Waals surface area contributed by atoms with E-state index in [1.807, 2.05) is 0 Å². The minimum atomic E-state index is -0.0897. The lowest BCUT2D eigenvalue weighted by atomic mass is 10.1. The quantitative estimate of drug-likeness (QED) is 0.777. The molecule has 0 saturated carbocycles. The van der Waals surface area contributed by atoms with E-state index in [1.165, 1.54) is 5.56 Å². The molecule has 0 aliphatic rings. The second kappa shape index (κ2) is 6.79. The number of hydrogen-bond donors (Lipinski definition) is 1. The molecule has 0 radical (unpaired) electrons. The maximum Gasteiger partial charge on any atom is 0.120 e. The van der Waals surface area contributed by atoms with Gasteiger partial charge in [-0.15, -0.1) is 0 Å². The van der Waals surface area contributed by atoms with Gasteiger partial charge in [-0.25, -0.2) is 0 Å². The highest BCUT2D eigenvalue weighted by Gasteiger charge is 2.16. The summed E-state index contributed by atoms with van der Waals surface area (Å²) in [6.45, 7) is 11.8. The highest BCUT2D eigenvalue weighted by atomic mass is 16.5. The summed E-state index contributed by atoms with van der Waals surface area (Å²) in [7, 11) is 0. The summed E-state index contributed by atoms with van der Waals surface area (Å²) in [6.07, 6.45) is 2.17. The molecule has 102 valence electrons. The molecule has 0 heterocycles. The zero-order chi connectivity index (χ0) is 13.6. The Balaban J connectivity index is 2.62. The predicted octanol–water partition coefficient (Wildman–Crippen LogP) is 4.31. The van der Waals surface area contributed by atoms with E-state index in [-0.39, 0.29) is 5.60 Å². The number of ether oxygens (including phenoxy) is 1. The summed E-state index contributed by atoms with van der Waals surface area (Å²) < 4.78 is 5.95. The van der Waals surface area contributed by atoms with E-state index >= 15 is 0 Å². The van der Waals surface area contributed by atoms with Gasteiger partial charge in [0.1, 0.15) is 11.4 Å². The molecular weight excluding hydrogens is 222 g/mol. The minimum Gasteiger partial charge on any atom is -0.488 e. The Kier molecular flexibility index (Phi) is 5.67. The van der Waals surface area contributed by atoms with Crippen LogP contribution in [-0.2, 0) is 0 Å². The molecule has 1 aromatic rings. The van der Waals surface area contributed by atoms with E-state index in [9.17, 15) is 0 Å². The summed E-state index contributed by atoms with van der Waals surface area (Å²) in [5.74, 6) is 0.952. The van der Waals surface area contributed by atoms with Crippen molar-refractivity contribution < 1.29 is 4.74 Å². The van der Waals surface area contributed by atoms with E-state index in [2.05, 4.69) is 64.2 Å². The molecule has 1 aromatic carbocycles. The standard InChI is InChI=1S/C16H27NO/c1-6-12-17-13(3)14-8-10-15(11-9-14)18-16(4,5)7-2/h8-11,13,17H,6-7,12H2,1-5H3. The first-order valence-electron chi connectivity index (χ1n) is 7.01. The van der Waals surface area contributed by atoms with Crippen molar-refractivity contribution >= 4 is 0 Å². The third-order valence-corrected chi connectivity index (χ3v) is 3.33. The normalized spacial score (nSPS) is 13.4. The molecule has 0 fully saturated rings. The van der Waals surface area contributed by atoms with Crippen molar-refractivity contribution in [1.29, 1.82) is 0 Å². The molecule has 0 aromatic heterocycles. The van der Waals surface area contributed by atoms with Gasteiger partial charge in [0.15, 0.2) is 0 Å². The second-order valence-corrected chi connectivity index (χ2v) is 5.46. The van der Waals surface area contributed by atoms with Crippen LogP contribution >= 0.6 is 0 Å². The van der Waals surface area contributed by atoms with Crippen LogP contribution in [0.2, 0.25) is 0 Å². The van der Waals surface area contributed by atoms with Gasteiger partial charge in [-0.2, -0.15) is 0 Å². The molecule has 0 amide bonds. The van der Waals surface area contributed by atoms with Crippen LogP contribution in [-0.4, -0.2) is 12.1 Å². The average Bonchev–Trinajstić information content (AvgIpc) is 2.36. The van der Waals surface area contributed by atoms with Gasteiger partial charge in [0, 0.05) is 6.04 Å². The van der Waals surface area contributed by atoms with Gasteiger partial charge >= 0.3 is 0 Å². The zero-order valence-corrected chi connectivity index (χ0v) is 12.4. The van der Waals surface area contributed by atoms with E-state index in [1.54, 1.807) is 0 Å². The molecule has 1 N–H and O–H groups in total. The number of benzene rings is 1. The van der Waals surface area contributed by atoms with Gasteiger partial charge in [0.2, 0.25) is 0 Å². The van der Waals surface area contributed by atoms with Gasteiger partial charge in [0.25, 0.3) is 0 Å². The summed E-state index contributed by atoms with van der Waals surface area (Å²) >= 11 is 0. The first kappa shape index (κ1) is 15.0. The third-order valence-electron chi connectivity index (χ3n) is 3.33. The Morgan fingerprint density at radius 1 is 1.17 bits per heavy atom. The fourth-order valence-corrected chi connectivity index (χ4v) is 1.69. The molecule has 0 aliphatic carbocycles. The lowest BCUT2D eigenvalue weighted by molar-refractivity contribution is 0.105. The van der Waals surface area contributed by atoms with Crippen LogP contribution in [0.3, 0.4) is 0 Å². The van der Waals surface area contributed by atoms with Gasteiger partial charge in [0.05, 0.1) is 0 Å². The summed E-state index contributed by atoms with van der Waals surface area (Å²) in [4.78, 5) is 0. The fraction of sp³-hybridized carbons (Fsp3) is 0.625. The van der Waals surface area contributed by atoms with Crippen LogP contribution in [0.15, 0.2) is 24.3 Å². The molecule has 0 aliphatic heterocycles. The Labute approximate surface area is 112 Å². The molecule has 18 heavy (non-hydrogen) atoms. The van der Waals surface area contributed by atoms with Crippen LogP contribution in [0.5, 0.6) is 5.75 Å². The van der Waals surface area contributed by atoms with Crippen LogP contribution in [0.1, 0.15) is 59.1 Å². The van der Waals surface area contributed by atoms with Crippen LogP contribution < -0.4 is 10.1 Å². The Morgan fingerprint density at radius 2 is 1.78 bits per heavy atom. The largest absolute Gasteiger partial charge is 0.488 e. The minimum absolute atomic E-state index is 0.0897. The van der Waals surface area contributed by atoms with Crippen LogP contribution in [0.25, 0.3) is 0 Å². The van der Waals surface area contributed by atoms with Gasteiger partial charge in [-0.05, 0) is 57.9 Å². The SMILES string of the molecule is CCCNC(C)c1ccc(OC(C)(C)CC)cc1. The predicted molar refractivity (Wildman–Crippen MR) is 78.1 cm³/mol. The first-order chi connectivity index (χ1) is 8.48. The monoisotopic (exact) mass is 249 g/mol. The molecule has 2 nitrogen and oxygen atoms in total. The van der Waals surface area contributed by atoms with Crippen LogP contribution in [0.4, 0.5) is 0 Å². The van der Waals surface area contributed by atoms with Crippen molar-refractivity contribution in [1.82, 2.24) is 5.32 Å². The van der Waals surface area contributed by atoms with Crippen LogP contribution in [0, 0.1) is 0 Å². The van der Waals surface area contributed by atoms with Crippen molar-refractivity contribution in [3.63, 3.8) is 0 Å². The Bertz CT molecular complexity index is 343. The number of rotatable bonds is 7. The fourth-order valence-electron chi connectivity index (χ4n) is 1.69. The Hall–Kier alpha value is -1.02. The summed E-state index contributed by atoms with van der Waals surface area (Å²) in [5.41, 5.74) is 1.22. The second-order valence-electron chi connectivity index (χ2n) is 5.46. The zero-order valence-electron chi connectivity index (χ0n) is 12.4. The molecule has 1 rings (SSSR count). The molecule has 0 bridgehead atoms. The highest BCUT2D eigenvalue weighted by molar-refractivity contribution is 5.29. The molecule has 1 unspecified atom stereocenters. The van der Waals surface area contributed by atoms with Crippen molar-refractivity contribution in [2.24, 2.45) is 0 Å². The maximum absolute atomic E-state index is 5.95. The van der Waals surface area contributed by atoms with Crippen molar-refractivity contribution in [2.75, 3.05) is 6.54 Å². The van der Waals surface area contributed by atoms with E-state index in [0.717, 1.165) is 25.1 Å². The summed E-state index contributed by atoms with van der Waals surface area (Å²) in [5, 5.41) is 3.49. The molecule has 0 saturated heterocycles. The van der Waals surface area contributed by atoms with E-state index in [4.69, 9.17) is 4.74 Å². The maximum atomic E-state index is 5.95. The van der Waals surface area contributed by atoms with Crippen molar-refractivity contribution in [3.8, 4) is 5.75 Å².